The van der Waals surface area contributed by atoms with Crippen LogP contribution in [0.2, 0.25) is 0 Å². The Morgan fingerprint density at radius 2 is 1.96 bits per heavy atom. The standard InChI is InChI=1S/C19H17N5OS/c1-13-7-8-17(14(2)11-13)23-10-9-20-19(23)26-12-24-18(25)15-5-3-4-6-16(15)21-22-24/h3-11H,12H2,1-2H3. The van der Waals surface area contributed by atoms with Gasteiger partial charge in [-0.25, -0.2) is 4.98 Å². The third-order valence-corrected chi connectivity index (χ3v) is 5.10. The lowest BCUT2D eigenvalue weighted by Crippen LogP contribution is -2.23. The van der Waals surface area contributed by atoms with Crippen molar-refractivity contribution in [2.75, 3.05) is 0 Å². The van der Waals surface area contributed by atoms with Crippen LogP contribution < -0.4 is 5.56 Å². The lowest BCUT2D eigenvalue weighted by atomic mass is 10.1. The molecule has 0 N–H and O–H groups in total. The van der Waals surface area contributed by atoms with Gasteiger partial charge in [0.05, 0.1) is 17.0 Å². The SMILES string of the molecule is Cc1ccc(-n2ccnc2SCn2nnc3ccccc3c2=O)c(C)c1. The molecule has 0 bridgehead atoms. The van der Waals surface area contributed by atoms with Gasteiger partial charge in [0.2, 0.25) is 0 Å². The van der Waals surface area contributed by atoms with E-state index in [4.69, 9.17) is 0 Å². The topological polar surface area (TPSA) is 65.6 Å². The smallest absolute Gasteiger partial charge is 0.278 e. The van der Waals surface area contributed by atoms with Crippen LogP contribution in [-0.2, 0) is 5.88 Å². The number of nitrogens with zero attached hydrogens (tertiary/aromatic N) is 5. The number of hydrogen-bond acceptors (Lipinski definition) is 5. The van der Waals surface area contributed by atoms with E-state index in [9.17, 15) is 4.79 Å². The normalized spacial score (nSPS) is 11.2. The maximum atomic E-state index is 12.6. The van der Waals surface area contributed by atoms with E-state index in [1.54, 1.807) is 18.3 Å². The summed E-state index contributed by atoms with van der Waals surface area (Å²) < 4.78 is 3.40. The summed E-state index contributed by atoms with van der Waals surface area (Å²) in [6, 6.07) is 13.5. The van der Waals surface area contributed by atoms with Gasteiger partial charge in [-0.05, 0) is 37.6 Å². The van der Waals surface area contributed by atoms with Crippen LogP contribution in [-0.4, -0.2) is 24.5 Å². The molecule has 0 aliphatic rings. The highest BCUT2D eigenvalue weighted by Crippen LogP contribution is 2.24. The average molecular weight is 363 g/mol. The summed E-state index contributed by atoms with van der Waals surface area (Å²) in [4.78, 5) is 17.0. The minimum atomic E-state index is -0.146. The molecule has 26 heavy (non-hydrogen) atoms. The summed E-state index contributed by atoms with van der Waals surface area (Å²) in [7, 11) is 0. The van der Waals surface area contributed by atoms with Crippen LogP contribution in [0.3, 0.4) is 0 Å². The highest BCUT2D eigenvalue weighted by molar-refractivity contribution is 7.98. The van der Waals surface area contributed by atoms with Gasteiger partial charge in [-0.3, -0.25) is 9.36 Å². The number of aromatic nitrogens is 5. The molecule has 0 saturated heterocycles. The molecule has 6 nitrogen and oxygen atoms in total. The molecule has 0 aliphatic carbocycles. The Balaban J connectivity index is 1.63. The molecule has 4 aromatic rings. The van der Waals surface area contributed by atoms with Gasteiger partial charge in [-0.1, -0.05) is 46.8 Å². The summed E-state index contributed by atoms with van der Waals surface area (Å²) in [6.45, 7) is 4.15. The van der Waals surface area contributed by atoms with Gasteiger partial charge in [0.15, 0.2) is 5.16 Å². The maximum absolute atomic E-state index is 12.6. The summed E-state index contributed by atoms with van der Waals surface area (Å²) in [6.07, 6.45) is 3.69. The number of fused-ring (bicyclic) bond motifs is 1. The Bertz CT molecular complexity index is 1150. The van der Waals surface area contributed by atoms with Crippen LogP contribution in [0.5, 0.6) is 0 Å². The molecule has 2 heterocycles. The van der Waals surface area contributed by atoms with Gasteiger partial charge in [-0.2, -0.15) is 4.68 Å². The van der Waals surface area contributed by atoms with Gasteiger partial charge in [-0.15, -0.1) is 5.10 Å². The Morgan fingerprint density at radius 1 is 1.12 bits per heavy atom. The van der Waals surface area contributed by atoms with Crippen molar-refractivity contribution >= 4 is 22.7 Å². The van der Waals surface area contributed by atoms with Crippen molar-refractivity contribution in [2.45, 2.75) is 24.9 Å². The number of rotatable bonds is 4. The van der Waals surface area contributed by atoms with Crippen LogP contribution in [0.4, 0.5) is 0 Å². The Labute approximate surface area is 154 Å². The lowest BCUT2D eigenvalue weighted by molar-refractivity contribution is 0.643. The Hall–Kier alpha value is -2.93. The summed E-state index contributed by atoms with van der Waals surface area (Å²) >= 11 is 1.45. The van der Waals surface area contributed by atoms with Gasteiger partial charge < -0.3 is 0 Å². The van der Waals surface area contributed by atoms with Crippen molar-refractivity contribution in [3.8, 4) is 5.69 Å². The second kappa shape index (κ2) is 6.76. The number of hydrogen-bond donors (Lipinski definition) is 0. The van der Waals surface area contributed by atoms with E-state index in [0.717, 1.165) is 10.8 Å². The first-order valence-corrected chi connectivity index (χ1v) is 9.18. The number of imidazole rings is 1. The van der Waals surface area contributed by atoms with E-state index in [0.29, 0.717) is 16.8 Å². The van der Waals surface area contributed by atoms with Crippen molar-refractivity contribution in [3.05, 3.63) is 76.3 Å². The first-order chi connectivity index (χ1) is 12.6. The molecule has 0 atom stereocenters. The van der Waals surface area contributed by atoms with Crippen molar-refractivity contribution in [1.29, 1.82) is 0 Å². The Kier molecular flexibility index (Phi) is 4.30. The molecule has 7 heteroatoms. The number of benzene rings is 2. The summed E-state index contributed by atoms with van der Waals surface area (Å²) in [5.74, 6) is 0.346. The minimum Gasteiger partial charge on any atom is -0.295 e. The van der Waals surface area contributed by atoms with E-state index in [2.05, 4.69) is 47.3 Å². The molecule has 2 aromatic heterocycles. The molecule has 0 radical (unpaired) electrons. The molecule has 4 rings (SSSR count). The second-order valence-electron chi connectivity index (χ2n) is 6.05. The van der Waals surface area contributed by atoms with E-state index in [1.807, 2.05) is 22.9 Å². The Morgan fingerprint density at radius 3 is 2.81 bits per heavy atom. The predicted octanol–water partition coefficient (Wildman–Crippen LogP) is 3.34. The van der Waals surface area contributed by atoms with E-state index < -0.39 is 0 Å². The predicted molar refractivity (Wildman–Crippen MR) is 103 cm³/mol. The van der Waals surface area contributed by atoms with E-state index in [-0.39, 0.29) is 5.56 Å². The molecule has 0 saturated carbocycles. The van der Waals surface area contributed by atoms with Crippen molar-refractivity contribution in [3.63, 3.8) is 0 Å². The lowest BCUT2D eigenvalue weighted by Gasteiger charge is -2.11. The third kappa shape index (κ3) is 3.01. The zero-order valence-electron chi connectivity index (χ0n) is 14.5. The van der Waals surface area contributed by atoms with Gasteiger partial charge in [0, 0.05) is 12.4 Å². The minimum absolute atomic E-state index is 0.146. The highest BCUT2D eigenvalue weighted by atomic mass is 32.2. The first kappa shape index (κ1) is 16.5. The average Bonchev–Trinajstić information content (AvgIpc) is 3.10. The largest absolute Gasteiger partial charge is 0.295 e. The van der Waals surface area contributed by atoms with Crippen LogP contribution in [0.15, 0.2) is 64.8 Å². The van der Waals surface area contributed by atoms with Crippen LogP contribution in [0.25, 0.3) is 16.6 Å². The third-order valence-electron chi connectivity index (χ3n) is 4.16. The molecular formula is C19H17N5OS. The number of aryl methyl sites for hydroxylation is 2. The van der Waals surface area contributed by atoms with Crippen molar-refractivity contribution < 1.29 is 0 Å². The number of thioether (sulfide) groups is 1. The fourth-order valence-corrected chi connectivity index (χ4v) is 3.72. The molecule has 0 amide bonds. The molecule has 0 fully saturated rings. The first-order valence-electron chi connectivity index (χ1n) is 8.20. The summed E-state index contributed by atoms with van der Waals surface area (Å²) in [5, 5.41) is 9.53. The van der Waals surface area contributed by atoms with Gasteiger partial charge >= 0.3 is 0 Å². The fourth-order valence-electron chi connectivity index (χ4n) is 2.88. The van der Waals surface area contributed by atoms with E-state index >= 15 is 0 Å². The van der Waals surface area contributed by atoms with Crippen LogP contribution in [0.1, 0.15) is 11.1 Å². The second-order valence-corrected chi connectivity index (χ2v) is 6.97. The molecule has 0 aliphatic heterocycles. The highest BCUT2D eigenvalue weighted by Gasteiger charge is 2.10. The fraction of sp³-hybridized carbons (Fsp3) is 0.158. The zero-order chi connectivity index (χ0) is 18.1. The van der Waals surface area contributed by atoms with Gasteiger partial charge in [0.25, 0.3) is 5.56 Å². The zero-order valence-corrected chi connectivity index (χ0v) is 15.3. The molecular weight excluding hydrogens is 346 g/mol. The van der Waals surface area contributed by atoms with E-state index in [1.165, 1.54) is 27.6 Å². The van der Waals surface area contributed by atoms with Crippen LogP contribution in [0, 0.1) is 13.8 Å². The molecule has 2 aromatic carbocycles. The molecule has 0 spiro atoms. The molecule has 130 valence electrons. The monoisotopic (exact) mass is 363 g/mol. The quantitative estimate of drug-likeness (QED) is 0.520. The molecule has 0 unspecified atom stereocenters. The maximum Gasteiger partial charge on any atom is 0.278 e. The summed E-state index contributed by atoms with van der Waals surface area (Å²) in [5.41, 5.74) is 3.93. The van der Waals surface area contributed by atoms with Crippen molar-refractivity contribution in [1.82, 2.24) is 24.5 Å². The van der Waals surface area contributed by atoms with Crippen LogP contribution >= 0.6 is 11.8 Å². The van der Waals surface area contributed by atoms with Gasteiger partial charge in [0.1, 0.15) is 5.52 Å². The van der Waals surface area contributed by atoms with Crippen molar-refractivity contribution in [2.24, 2.45) is 0 Å².